The second kappa shape index (κ2) is 10.8. The molecule has 40 heavy (non-hydrogen) atoms. The Morgan fingerprint density at radius 1 is 1.10 bits per heavy atom. The summed E-state index contributed by atoms with van der Waals surface area (Å²) in [6, 6.07) is 13.5. The Kier molecular flexibility index (Phi) is 7.20. The van der Waals surface area contributed by atoms with Crippen LogP contribution in [-0.2, 0) is 22.3 Å². The number of urea groups is 1. The van der Waals surface area contributed by atoms with Crippen molar-refractivity contribution in [2.45, 2.75) is 24.8 Å². The van der Waals surface area contributed by atoms with Crippen molar-refractivity contribution in [3.05, 3.63) is 119 Å². The van der Waals surface area contributed by atoms with Crippen molar-refractivity contribution < 1.29 is 32.0 Å². The number of benzene rings is 2. The topological polar surface area (TPSA) is 94.9 Å². The maximum absolute atomic E-state index is 14.1. The molecule has 1 aromatic heterocycles. The molecule has 0 saturated heterocycles. The monoisotopic (exact) mass is 550 g/mol. The Bertz CT molecular complexity index is 1470. The van der Waals surface area contributed by atoms with Crippen LogP contribution in [-0.4, -0.2) is 40.7 Å². The van der Waals surface area contributed by atoms with Crippen LogP contribution in [0.5, 0.6) is 0 Å². The molecule has 2 aliphatic rings. The molecule has 0 radical (unpaired) electrons. The summed E-state index contributed by atoms with van der Waals surface area (Å²) in [5.74, 6) is -0.674. The Hall–Kier alpha value is -4.80. The van der Waals surface area contributed by atoms with Gasteiger partial charge in [0.1, 0.15) is 11.8 Å². The van der Waals surface area contributed by atoms with Crippen molar-refractivity contribution in [2.24, 2.45) is 0 Å². The SMILES string of the molecule is C=CCN1C(=O)N[C@@H](c2ccccc2C(F)(F)F)C2=C1CN([C@H](C(=O)NCc1ccco1)c1ccccc1)C2=O. The van der Waals surface area contributed by atoms with Crippen LogP contribution in [0.1, 0.15) is 34.5 Å². The Labute approximate surface area is 227 Å². The van der Waals surface area contributed by atoms with Crippen LogP contribution in [0, 0.1) is 0 Å². The predicted octanol–water partition coefficient (Wildman–Crippen LogP) is 4.70. The van der Waals surface area contributed by atoms with Crippen LogP contribution in [0.25, 0.3) is 0 Å². The fourth-order valence-corrected chi connectivity index (χ4v) is 5.08. The van der Waals surface area contributed by atoms with Gasteiger partial charge in [-0.05, 0) is 29.3 Å². The van der Waals surface area contributed by atoms with Gasteiger partial charge in [0.05, 0.1) is 42.2 Å². The summed E-state index contributed by atoms with van der Waals surface area (Å²) in [6.07, 6.45) is -1.80. The molecule has 0 unspecified atom stereocenters. The zero-order chi connectivity index (χ0) is 28.4. The van der Waals surface area contributed by atoms with Gasteiger partial charge >= 0.3 is 12.2 Å². The molecule has 5 rings (SSSR count). The first-order valence-corrected chi connectivity index (χ1v) is 12.4. The van der Waals surface area contributed by atoms with E-state index in [1.54, 1.807) is 42.5 Å². The molecule has 2 aliphatic heterocycles. The third kappa shape index (κ3) is 4.97. The third-order valence-corrected chi connectivity index (χ3v) is 6.83. The van der Waals surface area contributed by atoms with E-state index >= 15 is 0 Å². The molecule has 3 heterocycles. The van der Waals surface area contributed by atoms with Crippen LogP contribution >= 0.6 is 0 Å². The van der Waals surface area contributed by atoms with E-state index < -0.39 is 41.7 Å². The fourth-order valence-electron chi connectivity index (χ4n) is 5.08. The molecule has 2 atom stereocenters. The highest BCUT2D eigenvalue weighted by Gasteiger charge is 2.49. The zero-order valence-corrected chi connectivity index (χ0v) is 21.1. The van der Waals surface area contributed by atoms with E-state index in [0.717, 1.165) is 6.07 Å². The summed E-state index contributed by atoms with van der Waals surface area (Å²) in [5.41, 5.74) is -0.544. The van der Waals surface area contributed by atoms with E-state index in [2.05, 4.69) is 17.2 Å². The largest absolute Gasteiger partial charge is 0.467 e. The van der Waals surface area contributed by atoms with Gasteiger partial charge in [-0.2, -0.15) is 13.2 Å². The first kappa shape index (κ1) is 26.8. The number of amides is 4. The lowest BCUT2D eigenvalue weighted by molar-refractivity contribution is -0.138. The van der Waals surface area contributed by atoms with Gasteiger partial charge in [-0.15, -0.1) is 6.58 Å². The van der Waals surface area contributed by atoms with E-state index in [4.69, 9.17) is 4.42 Å². The molecule has 2 aromatic carbocycles. The quantitative estimate of drug-likeness (QED) is 0.398. The van der Waals surface area contributed by atoms with Gasteiger partial charge in [-0.1, -0.05) is 54.6 Å². The molecular weight excluding hydrogens is 525 g/mol. The molecule has 4 amide bonds. The molecule has 206 valence electrons. The van der Waals surface area contributed by atoms with Gasteiger partial charge < -0.3 is 20.0 Å². The average Bonchev–Trinajstić information content (AvgIpc) is 3.58. The van der Waals surface area contributed by atoms with E-state index in [1.165, 1.54) is 40.3 Å². The zero-order valence-electron chi connectivity index (χ0n) is 21.1. The van der Waals surface area contributed by atoms with E-state index in [0.29, 0.717) is 11.3 Å². The molecular formula is C29H25F3N4O4. The molecule has 0 bridgehead atoms. The minimum absolute atomic E-state index is 0.0140. The summed E-state index contributed by atoms with van der Waals surface area (Å²) >= 11 is 0. The van der Waals surface area contributed by atoms with Crippen LogP contribution in [0.3, 0.4) is 0 Å². The Balaban J connectivity index is 1.57. The first-order valence-electron chi connectivity index (χ1n) is 12.4. The number of alkyl halides is 3. The highest BCUT2D eigenvalue weighted by atomic mass is 19.4. The second-order valence-corrected chi connectivity index (χ2v) is 9.27. The van der Waals surface area contributed by atoms with E-state index in [1.807, 2.05) is 0 Å². The lowest BCUT2D eigenvalue weighted by Crippen LogP contribution is -2.47. The smallest absolute Gasteiger partial charge is 0.416 e. The average molecular weight is 551 g/mol. The van der Waals surface area contributed by atoms with Crippen molar-refractivity contribution in [3.63, 3.8) is 0 Å². The molecule has 0 fully saturated rings. The van der Waals surface area contributed by atoms with Crippen LogP contribution < -0.4 is 10.6 Å². The van der Waals surface area contributed by atoms with Gasteiger partial charge in [0.2, 0.25) is 5.91 Å². The van der Waals surface area contributed by atoms with Crippen LogP contribution in [0.4, 0.5) is 18.0 Å². The standard InChI is InChI=1S/C29H25F3N4O4/c1-2-14-35-22-17-36(25(18-9-4-3-5-10-18)26(37)33-16-19-11-8-15-40-19)27(38)23(22)24(34-28(35)39)20-12-6-7-13-21(20)29(30,31)32/h2-13,15,24-25H,1,14,16-17H2,(H,33,37)(H,34,39)/t24-,25-/m0/s1. The molecule has 11 heteroatoms. The minimum Gasteiger partial charge on any atom is -0.467 e. The summed E-state index contributed by atoms with van der Waals surface area (Å²) < 4.78 is 47.2. The maximum atomic E-state index is 14.1. The van der Waals surface area contributed by atoms with Gasteiger partial charge in [0.25, 0.3) is 5.91 Å². The van der Waals surface area contributed by atoms with Crippen molar-refractivity contribution in [2.75, 3.05) is 13.1 Å². The number of nitrogens with one attached hydrogen (secondary N) is 2. The number of furan rings is 1. The van der Waals surface area contributed by atoms with Gasteiger partial charge in [0.15, 0.2) is 0 Å². The van der Waals surface area contributed by atoms with Crippen LogP contribution in [0.15, 0.2) is 101 Å². The molecule has 0 saturated carbocycles. The predicted molar refractivity (Wildman–Crippen MR) is 138 cm³/mol. The normalized spacial score (nSPS) is 17.9. The summed E-state index contributed by atoms with van der Waals surface area (Å²) in [7, 11) is 0. The lowest BCUT2D eigenvalue weighted by atomic mass is 9.91. The lowest BCUT2D eigenvalue weighted by Gasteiger charge is -2.33. The van der Waals surface area contributed by atoms with Crippen molar-refractivity contribution >= 4 is 17.8 Å². The number of hydrogen-bond acceptors (Lipinski definition) is 4. The highest BCUT2D eigenvalue weighted by Crippen LogP contribution is 2.43. The molecule has 0 spiro atoms. The number of carbonyl (C=O) groups excluding carboxylic acids is 3. The number of halogens is 3. The highest BCUT2D eigenvalue weighted by molar-refractivity contribution is 6.04. The number of nitrogens with zero attached hydrogens (tertiary/aromatic N) is 2. The van der Waals surface area contributed by atoms with E-state index in [9.17, 15) is 27.6 Å². The Morgan fingerprint density at radius 3 is 2.50 bits per heavy atom. The minimum atomic E-state index is -4.72. The fraction of sp³-hybridized carbons (Fsp3) is 0.207. The van der Waals surface area contributed by atoms with Crippen molar-refractivity contribution in [1.82, 2.24) is 20.4 Å². The Morgan fingerprint density at radius 2 is 1.82 bits per heavy atom. The molecule has 8 nitrogen and oxygen atoms in total. The number of hydrogen-bond donors (Lipinski definition) is 2. The summed E-state index contributed by atoms with van der Waals surface area (Å²) in [6.45, 7) is 3.57. The summed E-state index contributed by atoms with van der Waals surface area (Å²) in [4.78, 5) is 43.3. The molecule has 0 aliphatic carbocycles. The van der Waals surface area contributed by atoms with Gasteiger partial charge in [0, 0.05) is 6.54 Å². The van der Waals surface area contributed by atoms with Crippen molar-refractivity contribution in [1.29, 1.82) is 0 Å². The second-order valence-electron chi connectivity index (χ2n) is 9.27. The maximum Gasteiger partial charge on any atom is 0.416 e. The van der Waals surface area contributed by atoms with Crippen molar-refractivity contribution in [3.8, 4) is 0 Å². The number of carbonyl (C=O) groups is 3. The van der Waals surface area contributed by atoms with Gasteiger partial charge in [-0.25, -0.2) is 4.79 Å². The van der Waals surface area contributed by atoms with Crippen LogP contribution in [0.2, 0.25) is 0 Å². The van der Waals surface area contributed by atoms with Gasteiger partial charge in [-0.3, -0.25) is 14.5 Å². The molecule has 2 N–H and O–H groups in total. The third-order valence-electron chi connectivity index (χ3n) is 6.83. The summed E-state index contributed by atoms with van der Waals surface area (Å²) in [5, 5.41) is 5.35. The first-order chi connectivity index (χ1) is 19.2. The van der Waals surface area contributed by atoms with E-state index in [-0.39, 0.29) is 36.5 Å². The number of rotatable bonds is 8. The molecule has 3 aromatic rings.